The lowest BCUT2D eigenvalue weighted by Crippen LogP contribution is -2.50. The molecule has 36 heavy (non-hydrogen) atoms. The molecule has 6 nitrogen and oxygen atoms in total. The zero-order valence-corrected chi connectivity index (χ0v) is 20.6. The van der Waals surface area contributed by atoms with Gasteiger partial charge in [-0.05, 0) is 73.0 Å². The second-order valence-corrected chi connectivity index (χ2v) is 10.7. The number of amides is 1. The van der Waals surface area contributed by atoms with Crippen molar-refractivity contribution in [3.05, 3.63) is 120 Å². The molecular weight excluding hydrogens is 472 g/mol. The first-order valence-corrected chi connectivity index (χ1v) is 13.1. The van der Waals surface area contributed by atoms with Crippen LogP contribution >= 0.6 is 0 Å². The van der Waals surface area contributed by atoms with E-state index >= 15 is 0 Å². The predicted molar refractivity (Wildman–Crippen MR) is 139 cm³/mol. The lowest BCUT2D eigenvalue weighted by molar-refractivity contribution is -0.120. The van der Waals surface area contributed by atoms with E-state index in [2.05, 4.69) is 5.32 Å². The van der Waals surface area contributed by atoms with Crippen LogP contribution in [0.4, 0.5) is 5.69 Å². The van der Waals surface area contributed by atoms with E-state index < -0.39 is 16.1 Å². The van der Waals surface area contributed by atoms with Crippen LogP contribution in [-0.4, -0.2) is 24.7 Å². The van der Waals surface area contributed by atoms with Crippen LogP contribution in [0.15, 0.2) is 108 Å². The fraction of sp³-hybridized carbons (Fsp3) is 0.138. The topological polar surface area (TPSA) is 75.7 Å². The number of nitrogens with one attached hydrogen (secondary N) is 1. The summed E-state index contributed by atoms with van der Waals surface area (Å²) in [7, 11) is -3.90. The molecule has 0 aromatic heterocycles. The minimum absolute atomic E-state index is 0.133. The number of hydrogen-bond donors (Lipinski definition) is 1. The first-order valence-electron chi connectivity index (χ1n) is 11.7. The van der Waals surface area contributed by atoms with Crippen molar-refractivity contribution in [2.24, 2.45) is 0 Å². The number of hydrogen-bond acceptors (Lipinski definition) is 4. The molecular formula is C29H26N2O4S. The van der Waals surface area contributed by atoms with Crippen molar-refractivity contribution in [3.63, 3.8) is 0 Å². The van der Waals surface area contributed by atoms with Gasteiger partial charge in [0, 0.05) is 12.2 Å². The number of ether oxygens (including phenoxy) is 1. The fourth-order valence-electron chi connectivity index (χ4n) is 4.28. The zero-order valence-electron chi connectivity index (χ0n) is 19.8. The van der Waals surface area contributed by atoms with Crippen LogP contribution in [0.2, 0.25) is 0 Å². The number of sulfonamides is 1. The van der Waals surface area contributed by atoms with Crippen LogP contribution in [0.3, 0.4) is 0 Å². The number of rotatable bonds is 6. The van der Waals surface area contributed by atoms with Gasteiger partial charge in [0.25, 0.3) is 0 Å². The molecule has 1 amide bonds. The summed E-state index contributed by atoms with van der Waals surface area (Å²) in [6.45, 7) is 2.04. The Morgan fingerprint density at radius 3 is 2.11 bits per heavy atom. The number of fused-ring (bicyclic) bond motifs is 1. The summed E-state index contributed by atoms with van der Waals surface area (Å²) in [5.41, 5.74) is 3.40. The van der Waals surface area contributed by atoms with Gasteiger partial charge in [-0.2, -0.15) is 4.31 Å². The Balaban J connectivity index is 1.39. The van der Waals surface area contributed by atoms with Gasteiger partial charge in [0.05, 0.1) is 4.90 Å². The van der Waals surface area contributed by atoms with Crippen molar-refractivity contribution in [3.8, 4) is 11.5 Å². The fourth-order valence-corrected chi connectivity index (χ4v) is 5.84. The summed E-state index contributed by atoms with van der Waals surface area (Å²) in [6, 6.07) is 29.9. The molecule has 0 saturated carbocycles. The highest BCUT2D eigenvalue weighted by Crippen LogP contribution is 2.30. The molecule has 0 fully saturated rings. The molecule has 0 saturated heterocycles. The van der Waals surface area contributed by atoms with E-state index in [0.717, 1.165) is 16.7 Å². The second-order valence-electron chi connectivity index (χ2n) is 8.78. The Morgan fingerprint density at radius 2 is 1.42 bits per heavy atom. The standard InChI is InChI=1S/C29H26N2O4S/c1-21-11-17-27(18-12-21)36(33,34)31-20-23-8-6-5-7-22(23)19-28(31)29(32)30-24-13-15-26(16-14-24)35-25-9-3-2-4-10-25/h2-18,28H,19-20H2,1H3,(H,30,32). The minimum atomic E-state index is -3.90. The van der Waals surface area contributed by atoms with Crippen molar-refractivity contribution in [1.29, 1.82) is 0 Å². The van der Waals surface area contributed by atoms with Crippen molar-refractivity contribution in [2.75, 3.05) is 5.32 Å². The Labute approximate surface area is 211 Å². The van der Waals surface area contributed by atoms with Crippen LogP contribution < -0.4 is 10.1 Å². The lowest BCUT2D eigenvalue weighted by Gasteiger charge is -2.35. The van der Waals surface area contributed by atoms with Crippen molar-refractivity contribution < 1.29 is 17.9 Å². The first kappa shape index (κ1) is 23.8. The van der Waals surface area contributed by atoms with Gasteiger partial charge in [-0.1, -0.05) is 60.2 Å². The monoisotopic (exact) mass is 498 g/mol. The molecule has 1 aliphatic heterocycles. The Bertz CT molecular complexity index is 1470. The average Bonchev–Trinajstić information content (AvgIpc) is 2.90. The van der Waals surface area contributed by atoms with Crippen LogP contribution in [0, 0.1) is 6.92 Å². The number of benzene rings is 4. The number of aryl methyl sites for hydroxylation is 1. The summed E-state index contributed by atoms with van der Waals surface area (Å²) >= 11 is 0. The predicted octanol–water partition coefficient (Wildman–Crippen LogP) is 5.54. The average molecular weight is 499 g/mol. The molecule has 4 aromatic rings. The third-order valence-electron chi connectivity index (χ3n) is 6.24. The van der Waals surface area contributed by atoms with Gasteiger partial charge in [-0.3, -0.25) is 4.79 Å². The molecule has 1 aliphatic rings. The van der Waals surface area contributed by atoms with Gasteiger partial charge < -0.3 is 10.1 Å². The Morgan fingerprint density at radius 1 is 0.806 bits per heavy atom. The maximum Gasteiger partial charge on any atom is 0.244 e. The number of para-hydroxylation sites is 1. The number of anilines is 1. The third-order valence-corrected chi connectivity index (χ3v) is 8.11. The normalized spacial score (nSPS) is 15.6. The molecule has 182 valence electrons. The summed E-state index contributed by atoms with van der Waals surface area (Å²) in [4.78, 5) is 13.6. The first-order chi connectivity index (χ1) is 17.4. The van der Waals surface area contributed by atoms with Gasteiger partial charge in [0.2, 0.25) is 15.9 Å². The maximum atomic E-state index is 13.6. The van der Waals surface area contributed by atoms with Crippen LogP contribution in [-0.2, 0) is 27.8 Å². The second kappa shape index (κ2) is 9.97. The molecule has 1 unspecified atom stereocenters. The lowest BCUT2D eigenvalue weighted by atomic mass is 9.95. The smallest absolute Gasteiger partial charge is 0.244 e. The van der Waals surface area contributed by atoms with E-state index in [-0.39, 0.29) is 17.3 Å². The largest absolute Gasteiger partial charge is 0.457 e. The van der Waals surface area contributed by atoms with E-state index in [9.17, 15) is 13.2 Å². The van der Waals surface area contributed by atoms with E-state index in [1.165, 1.54) is 4.31 Å². The molecule has 4 aromatic carbocycles. The van der Waals surface area contributed by atoms with Gasteiger partial charge in [0.15, 0.2) is 0 Å². The SMILES string of the molecule is Cc1ccc(S(=O)(=O)N2Cc3ccccc3CC2C(=O)Nc2ccc(Oc3ccccc3)cc2)cc1. The summed E-state index contributed by atoms with van der Waals surface area (Å²) < 4.78 is 34.4. The summed E-state index contributed by atoms with van der Waals surface area (Å²) in [5, 5.41) is 2.90. The molecule has 7 heteroatoms. The molecule has 1 heterocycles. The molecule has 0 aliphatic carbocycles. The van der Waals surface area contributed by atoms with E-state index in [4.69, 9.17) is 4.74 Å². The Hall–Kier alpha value is -3.94. The zero-order chi connectivity index (χ0) is 25.1. The van der Waals surface area contributed by atoms with Crippen molar-refractivity contribution in [2.45, 2.75) is 30.8 Å². The summed E-state index contributed by atoms with van der Waals surface area (Å²) in [5.74, 6) is 0.971. The molecule has 1 N–H and O–H groups in total. The Kier molecular flexibility index (Phi) is 6.59. The molecule has 1 atom stereocenters. The molecule has 0 bridgehead atoms. The number of carbonyl (C=O) groups is 1. The summed E-state index contributed by atoms with van der Waals surface area (Å²) in [6.07, 6.45) is 0.294. The highest BCUT2D eigenvalue weighted by atomic mass is 32.2. The molecule has 0 spiro atoms. The van der Waals surface area contributed by atoms with Crippen LogP contribution in [0.1, 0.15) is 16.7 Å². The van der Waals surface area contributed by atoms with Crippen molar-refractivity contribution in [1.82, 2.24) is 4.31 Å². The number of nitrogens with zero attached hydrogens (tertiary/aromatic N) is 1. The van der Waals surface area contributed by atoms with Gasteiger partial charge in [0.1, 0.15) is 17.5 Å². The number of carbonyl (C=O) groups excluding carboxylic acids is 1. The van der Waals surface area contributed by atoms with E-state index in [1.807, 2.05) is 61.5 Å². The van der Waals surface area contributed by atoms with E-state index in [0.29, 0.717) is 23.6 Å². The van der Waals surface area contributed by atoms with Crippen molar-refractivity contribution >= 4 is 21.6 Å². The van der Waals surface area contributed by atoms with E-state index in [1.54, 1.807) is 48.5 Å². The molecule has 5 rings (SSSR count). The van der Waals surface area contributed by atoms with Gasteiger partial charge >= 0.3 is 0 Å². The highest BCUT2D eigenvalue weighted by molar-refractivity contribution is 7.89. The molecule has 0 radical (unpaired) electrons. The van der Waals surface area contributed by atoms with Gasteiger partial charge in [-0.25, -0.2) is 8.42 Å². The van der Waals surface area contributed by atoms with Crippen LogP contribution in [0.25, 0.3) is 0 Å². The quantitative estimate of drug-likeness (QED) is 0.379. The third kappa shape index (κ3) is 5.03. The van der Waals surface area contributed by atoms with Crippen LogP contribution in [0.5, 0.6) is 11.5 Å². The highest BCUT2D eigenvalue weighted by Gasteiger charge is 2.39. The van der Waals surface area contributed by atoms with Gasteiger partial charge in [-0.15, -0.1) is 0 Å². The maximum absolute atomic E-state index is 13.6. The minimum Gasteiger partial charge on any atom is -0.457 e.